The number of carbonyl (C=O) groups is 3. The number of benzene rings is 2. The van der Waals surface area contributed by atoms with Crippen LogP contribution in [0.15, 0.2) is 71.5 Å². The molecule has 0 aliphatic carbocycles. The number of hydrogen-bond acceptors (Lipinski definition) is 7. The standard InChI is InChI=1S/C25H22N2O6/c1-16(28)31-15-20(32-17(2)29)14-27-13-19(21-10-6-7-11-23(21)27)12-22-25(30)33-24(26-22)18-8-4-3-5-9-18/h3-13,20H,14-15H2,1-2H3. The van der Waals surface area contributed by atoms with Crippen LogP contribution in [0.4, 0.5) is 0 Å². The zero-order valence-electron chi connectivity index (χ0n) is 18.2. The maximum absolute atomic E-state index is 12.4. The van der Waals surface area contributed by atoms with Gasteiger partial charge in [-0.2, -0.15) is 0 Å². The van der Waals surface area contributed by atoms with Gasteiger partial charge in [0, 0.05) is 42.1 Å². The smallest absolute Gasteiger partial charge is 0.363 e. The Kier molecular flexibility index (Phi) is 6.35. The number of hydrogen-bond donors (Lipinski definition) is 0. The topological polar surface area (TPSA) is 96.2 Å². The van der Waals surface area contributed by atoms with E-state index in [2.05, 4.69) is 4.99 Å². The summed E-state index contributed by atoms with van der Waals surface area (Å²) >= 11 is 0. The molecular formula is C25H22N2O6. The Morgan fingerprint density at radius 1 is 1.06 bits per heavy atom. The van der Waals surface area contributed by atoms with Crippen molar-refractivity contribution in [2.75, 3.05) is 6.61 Å². The van der Waals surface area contributed by atoms with Gasteiger partial charge in [-0.05, 0) is 24.3 Å². The number of ether oxygens (including phenoxy) is 3. The summed E-state index contributed by atoms with van der Waals surface area (Å²) in [6.45, 7) is 2.80. The molecule has 1 unspecified atom stereocenters. The first-order valence-electron chi connectivity index (χ1n) is 10.4. The van der Waals surface area contributed by atoms with Crippen molar-refractivity contribution in [1.82, 2.24) is 4.57 Å². The first-order chi connectivity index (χ1) is 15.9. The van der Waals surface area contributed by atoms with Gasteiger partial charge in [-0.25, -0.2) is 9.79 Å². The summed E-state index contributed by atoms with van der Waals surface area (Å²) in [5.41, 5.74) is 2.52. The predicted molar refractivity (Wildman–Crippen MR) is 121 cm³/mol. The molecule has 168 valence electrons. The van der Waals surface area contributed by atoms with Gasteiger partial charge >= 0.3 is 17.9 Å². The van der Waals surface area contributed by atoms with E-state index >= 15 is 0 Å². The molecule has 0 saturated carbocycles. The van der Waals surface area contributed by atoms with Crippen molar-refractivity contribution in [1.29, 1.82) is 0 Å². The minimum atomic E-state index is -0.665. The van der Waals surface area contributed by atoms with Crippen molar-refractivity contribution in [2.45, 2.75) is 26.5 Å². The number of aromatic nitrogens is 1. The van der Waals surface area contributed by atoms with Crippen molar-refractivity contribution in [2.24, 2.45) is 4.99 Å². The summed E-state index contributed by atoms with van der Waals surface area (Å²) in [6.07, 6.45) is 2.84. The SMILES string of the molecule is CC(=O)OCC(Cn1cc(C=C2N=C(c3ccccc3)OC2=O)c2ccccc21)OC(C)=O. The first-order valence-corrected chi connectivity index (χ1v) is 10.4. The largest absolute Gasteiger partial charge is 0.462 e. The van der Waals surface area contributed by atoms with Crippen LogP contribution in [0.3, 0.4) is 0 Å². The number of cyclic esters (lactones) is 1. The molecule has 0 bridgehead atoms. The van der Waals surface area contributed by atoms with Gasteiger partial charge in [0.2, 0.25) is 5.90 Å². The summed E-state index contributed by atoms with van der Waals surface area (Å²) in [5.74, 6) is -1.20. The second-order valence-electron chi connectivity index (χ2n) is 7.49. The molecule has 2 aromatic carbocycles. The van der Waals surface area contributed by atoms with Crippen molar-refractivity contribution < 1.29 is 28.6 Å². The molecule has 8 nitrogen and oxygen atoms in total. The van der Waals surface area contributed by atoms with Crippen molar-refractivity contribution in [3.63, 3.8) is 0 Å². The Hall–Kier alpha value is -4.20. The average molecular weight is 446 g/mol. The molecule has 1 aliphatic rings. The maximum atomic E-state index is 12.4. The van der Waals surface area contributed by atoms with Crippen LogP contribution in [-0.2, 0) is 35.1 Å². The zero-order valence-corrected chi connectivity index (χ0v) is 18.2. The molecule has 1 aromatic heterocycles. The third-order valence-electron chi connectivity index (χ3n) is 4.96. The lowest BCUT2D eigenvalue weighted by Gasteiger charge is -2.18. The summed E-state index contributed by atoms with van der Waals surface area (Å²) in [6, 6.07) is 16.8. The van der Waals surface area contributed by atoms with Crippen LogP contribution >= 0.6 is 0 Å². The van der Waals surface area contributed by atoms with Gasteiger partial charge < -0.3 is 18.8 Å². The van der Waals surface area contributed by atoms with Gasteiger partial charge in [-0.3, -0.25) is 9.59 Å². The fourth-order valence-electron chi connectivity index (χ4n) is 3.59. The van der Waals surface area contributed by atoms with E-state index < -0.39 is 24.0 Å². The van der Waals surface area contributed by atoms with Crippen LogP contribution in [0.2, 0.25) is 0 Å². The van der Waals surface area contributed by atoms with Crippen molar-refractivity contribution in [3.8, 4) is 0 Å². The number of aliphatic imine (C=N–C) groups is 1. The van der Waals surface area contributed by atoms with Gasteiger partial charge in [0.1, 0.15) is 6.61 Å². The summed E-state index contributed by atoms with van der Waals surface area (Å²) in [7, 11) is 0. The van der Waals surface area contributed by atoms with Gasteiger partial charge in [0.25, 0.3) is 0 Å². The number of rotatable bonds is 7. The second-order valence-corrected chi connectivity index (χ2v) is 7.49. The van der Waals surface area contributed by atoms with E-state index in [0.717, 1.165) is 16.5 Å². The predicted octanol–water partition coefficient (Wildman–Crippen LogP) is 3.48. The highest BCUT2D eigenvalue weighted by atomic mass is 16.6. The molecule has 4 rings (SSSR count). The maximum Gasteiger partial charge on any atom is 0.363 e. The van der Waals surface area contributed by atoms with Gasteiger partial charge in [-0.15, -0.1) is 0 Å². The molecular weight excluding hydrogens is 424 g/mol. The number of carbonyl (C=O) groups excluding carboxylic acids is 3. The van der Waals surface area contributed by atoms with Crippen molar-refractivity contribution >= 4 is 40.8 Å². The Bertz CT molecular complexity index is 1270. The zero-order chi connectivity index (χ0) is 23.4. The number of nitrogens with zero attached hydrogens (tertiary/aromatic N) is 2. The fourth-order valence-corrected chi connectivity index (χ4v) is 3.59. The van der Waals surface area contributed by atoms with E-state index in [0.29, 0.717) is 5.56 Å². The highest BCUT2D eigenvalue weighted by molar-refractivity contribution is 6.13. The van der Waals surface area contributed by atoms with E-state index in [1.54, 1.807) is 6.08 Å². The highest BCUT2D eigenvalue weighted by Crippen LogP contribution is 2.26. The quantitative estimate of drug-likeness (QED) is 0.313. The van der Waals surface area contributed by atoms with Crippen LogP contribution in [0.1, 0.15) is 25.0 Å². The van der Waals surface area contributed by atoms with E-state index in [9.17, 15) is 14.4 Å². The third kappa shape index (κ3) is 5.17. The van der Waals surface area contributed by atoms with Crippen LogP contribution in [0, 0.1) is 0 Å². The molecule has 0 saturated heterocycles. The second kappa shape index (κ2) is 9.52. The molecule has 2 heterocycles. The summed E-state index contributed by atoms with van der Waals surface area (Å²) < 4.78 is 17.6. The van der Waals surface area contributed by atoms with E-state index in [-0.39, 0.29) is 24.7 Å². The van der Waals surface area contributed by atoms with Crippen molar-refractivity contribution in [3.05, 3.63) is 77.6 Å². The lowest BCUT2D eigenvalue weighted by atomic mass is 10.1. The number of para-hydroxylation sites is 1. The van der Waals surface area contributed by atoms with E-state index in [1.807, 2.05) is 65.4 Å². The van der Waals surface area contributed by atoms with Gasteiger partial charge in [0.15, 0.2) is 11.8 Å². The monoisotopic (exact) mass is 446 g/mol. The summed E-state index contributed by atoms with van der Waals surface area (Å²) in [4.78, 5) is 39.6. The minimum absolute atomic E-state index is 0.0606. The number of esters is 3. The Morgan fingerprint density at radius 3 is 2.52 bits per heavy atom. The number of fused-ring (bicyclic) bond motifs is 1. The Labute approximate surface area is 190 Å². The lowest BCUT2D eigenvalue weighted by Crippen LogP contribution is -2.28. The first kappa shape index (κ1) is 22.0. The van der Waals surface area contributed by atoms with E-state index in [4.69, 9.17) is 14.2 Å². The molecule has 0 amide bonds. The van der Waals surface area contributed by atoms with Gasteiger partial charge in [0.05, 0.1) is 6.54 Å². The molecule has 0 radical (unpaired) electrons. The molecule has 33 heavy (non-hydrogen) atoms. The van der Waals surface area contributed by atoms with Crippen LogP contribution < -0.4 is 0 Å². The fraction of sp³-hybridized carbons (Fsp3) is 0.200. The Morgan fingerprint density at radius 2 is 1.79 bits per heavy atom. The van der Waals surface area contributed by atoms with Crippen LogP contribution in [0.25, 0.3) is 17.0 Å². The van der Waals surface area contributed by atoms with E-state index in [1.165, 1.54) is 13.8 Å². The van der Waals surface area contributed by atoms with Gasteiger partial charge in [-0.1, -0.05) is 36.4 Å². The molecule has 8 heteroatoms. The molecule has 0 spiro atoms. The molecule has 1 atom stereocenters. The lowest BCUT2D eigenvalue weighted by molar-refractivity contribution is -0.157. The van der Waals surface area contributed by atoms with Crippen LogP contribution in [0.5, 0.6) is 0 Å². The molecule has 0 N–H and O–H groups in total. The Balaban J connectivity index is 1.67. The highest BCUT2D eigenvalue weighted by Gasteiger charge is 2.25. The average Bonchev–Trinajstić information content (AvgIpc) is 3.33. The third-order valence-corrected chi connectivity index (χ3v) is 4.96. The minimum Gasteiger partial charge on any atom is -0.462 e. The van der Waals surface area contributed by atoms with Crippen LogP contribution in [-0.4, -0.2) is 41.1 Å². The normalized spacial score (nSPS) is 15.3. The summed E-state index contributed by atoms with van der Waals surface area (Å²) in [5, 5.41) is 0.884. The molecule has 3 aromatic rings. The molecule has 0 fully saturated rings. The molecule has 1 aliphatic heterocycles.